The van der Waals surface area contributed by atoms with Crippen molar-refractivity contribution in [2.45, 2.75) is 4.83 Å². The summed E-state index contributed by atoms with van der Waals surface area (Å²) in [5, 5.41) is 1.84. The van der Waals surface area contributed by atoms with Crippen molar-refractivity contribution in [1.29, 1.82) is 0 Å². The van der Waals surface area contributed by atoms with Gasteiger partial charge < -0.3 is 4.74 Å². The fraction of sp³-hybridized carbons (Fsp3) is 0.167. The highest BCUT2D eigenvalue weighted by atomic mass is 79.9. The zero-order valence-corrected chi connectivity index (χ0v) is 13.2. The van der Waals surface area contributed by atoms with Crippen molar-refractivity contribution in [1.82, 2.24) is 0 Å². The molecule has 18 heavy (non-hydrogen) atoms. The summed E-state index contributed by atoms with van der Waals surface area (Å²) >= 11 is 8.11. The molecule has 0 radical (unpaired) electrons. The van der Waals surface area contributed by atoms with Gasteiger partial charge in [0.2, 0.25) is 0 Å². The van der Waals surface area contributed by atoms with Crippen LogP contribution in [0.15, 0.2) is 27.4 Å². The zero-order chi connectivity index (χ0) is 13.3. The molecule has 0 bridgehead atoms. The molecule has 1 unspecified atom stereocenters. The van der Waals surface area contributed by atoms with Gasteiger partial charge in [0.25, 0.3) is 0 Å². The molecule has 0 amide bonds. The number of rotatable bonds is 3. The smallest absolute Gasteiger partial charge is 0.134 e. The number of halogens is 4. The van der Waals surface area contributed by atoms with E-state index in [1.54, 1.807) is 0 Å². The summed E-state index contributed by atoms with van der Waals surface area (Å²) in [6.07, 6.45) is 0. The molecule has 0 spiro atoms. The average molecular weight is 398 g/mol. The third kappa shape index (κ3) is 2.75. The Bertz CT molecular complexity index is 548. The van der Waals surface area contributed by atoms with Crippen molar-refractivity contribution >= 4 is 43.2 Å². The van der Waals surface area contributed by atoms with Crippen LogP contribution >= 0.6 is 43.2 Å². The van der Waals surface area contributed by atoms with E-state index in [9.17, 15) is 8.78 Å². The standard InChI is InChI=1S/C12H8Br2F2OS/c1-17-7-3-8(15)11(9(16)4-7)12(14)6-2-10(13)18-5-6/h2-5,12H,1H3. The number of ether oxygens (including phenoxy) is 1. The molecule has 6 heteroatoms. The van der Waals surface area contributed by atoms with Gasteiger partial charge in [-0.15, -0.1) is 11.3 Å². The maximum Gasteiger partial charge on any atom is 0.134 e. The average Bonchev–Trinajstić information content (AvgIpc) is 2.74. The van der Waals surface area contributed by atoms with Gasteiger partial charge in [-0.2, -0.15) is 0 Å². The summed E-state index contributed by atoms with van der Waals surface area (Å²) in [5.41, 5.74) is 0.788. The third-order valence-corrected chi connectivity index (χ3v) is 4.93. The molecule has 1 aromatic heterocycles. The van der Waals surface area contributed by atoms with Gasteiger partial charge in [0.05, 0.1) is 15.7 Å². The highest BCUT2D eigenvalue weighted by molar-refractivity contribution is 9.11. The molecule has 1 nitrogen and oxygen atoms in total. The maximum atomic E-state index is 13.9. The first-order valence-corrected chi connectivity index (χ1v) is 7.52. The van der Waals surface area contributed by atoms with Crippen LogP contribution in [-0.4, -0.2) is 7.11 Å². The fourth-order valence-electron chi connectivity index (χ4n) is 1.54. The van der Waals surface area contributed by atoms with E-state index in [1.807, 2.05) is 11.4 Å². The first-order chi connectivity index (χ1) is 8.52. The number of thiophene rings is 1. The van der Waals surface area contributed by atoms with Gasteiger partial charge in [0.1, 0.15) is 17.4 Å². The van der Waals surface area contributed by atoms with E-state index >= 15 is 0 Å². The largest absolute Gasteiger partial charge is 0.497 e. The second-order valence-corrected chi connectivity index (χ2v) is 6.76. The molecule has 0 N–H and O–H groups in total. The SMILES string of the molecule is COc1cc(F)c(C(Br)c2csc(Br)c2)c(F)c1. The molecule has 0 aliphatic carbocycles. The van der Waals surface area contributed by atoms with Crippen LogP contribution in [-0.2, 0) is 0 Å². The molecule has 2 rings (SSSR count). The Balaban J connectivity index is 2.44. The van der Waals surface area contributed by atoms with Crippen molar-refractivity contribution in [3.8, 4) is 5.75 Å². The van der Waals surface area contributed by atoms with Crippen LogP contribution in [0.2, 0.25) is 0 Å². The van der Waals surface area contributed by atoms with E-state index in [0.29, 0.717) is 0 Å². The minimum Gasteiger partial charge on any atom is -0.497 e. The number of hydrogen-bond acceptors (Lipinski definition) is 2. The zero-order valence-electron chi connectivity index (χ0n) is 9.22. The van der Waals surface area contributed by atoms with Crippen molar-refractivity contribution in [2.24, 2.45) is 0 Å². The molecule has 0 saturated carbocycles. The Morgan fingerprint density at radius 1 is 1.22 bits per heavy atom. The molecule has 2 aromatic rings. The molecule has 1 heterocycles. The van der Waals surface area contributed by atoms with E-state index in [2.05, 4.69) is 31.9 Å². The van der Waals surface area contributed by atoms with Crippen LogP contribution < -0.4 is 4.74 Å². The quantitative estimate of drug-likeness (QED) is 0.640. The maximum absolute atomic E-state index is 13.9. The van der Waals surface area contributed by atoms with Crippen molar-refractivity contribution < 1.29 is 13.5 Å². The highest BCUT2D eigenvalue weighted by Crippen LogP contribution is 2.38. The number of methoxy groups -OCH3 is 1. The molecule has 96 valence electrons. The predicted molar refractivity (Wildman–Crippen MR) is 75.7 cm³/mol. The van der Waals surface area contributed by atoms with Gasteiger partial charge in [-0.05, 0) is 32.9 Å². The molecular weight excluding hydrogens is 390 g/mol. The predicted octanol–water partition coefficient (Wildman–Crippen LogP) is 5.28. The Kier molecular flexibility index (Phi) is 4.40. The number of alkyl halides is 1. The van der Waals surface area contributed by atoms with Gasteiger partial charge in [-0.25, -0.2) is 8.78 Å². The number of hydrogen-bond donors (Lipinski definition) is 0. The lowest BCUT2D eigenvalue weighted by Gasteiger charge is -2.12. The Morgan fingerprint density at radius 3 is 2.28 bits per heavy atom. The Labute approximate surface area is 124 Å². The minimum absolute atomic E-state index is 0.0129. The summed E-state index contributed by atoms with van der Waals surface area (Å²) in [5.74, 6) is -1.09. The van der Waals surface area contributed by atoms with E-state index in [0.717, 1.165) is 9.35 Å². The summed E-state index contributed by atoms with van der Waals surface area (Å²) in [7, 11) is 1.37. The molecule has 0 fully saturated rings. The summed E-state index contributed by atoms with van der Waals surface area (Å²) in [6.45, 7) is 0. The van der Waals surface area contributed by atoms with Crippen LogP contribution in [0, 0.1) is 11.6 Å². The Morgan fingerprint density at radius 2 is 1.83 bits per heavy atom. The first-order valence-electron chi connectivity index (χ1n) is 4.94. The van der Waals surface area contributed by atoms with E-state index < -0.39 is 16.5 Å². The van der Waals surface area contributed by atoms with Gasteiger partial charge in [0, 0.05) is 17.7 Å². The number of benzene rings is 1. The van der Waals surface area contributed by atoms with Crippen LogP contribution in [0.1, 0.15) is 16.0 Å². The van der Waals surface area contributed by atoms with Crippen molar-refractivity contribution in [3.63, 3.8) is 0 Å². The molecule has 0 saturated heterocycles. The summed E-state index contributed by atoms with van der Waals surface area (Å²) < 4.78 is 33.5. The van der Waals surface area contributed by atoms with Gasteiger partial charge >= 0.3 is 0 Å². The molecular formula is C12H8Br2F2OS. The van der Waals surface area contributed by atoms with Gasteiger partial charge in [0.15, 0.2) is 0 Å². The normalized spacial score (nSPS) is 12.5. The van der Waals surface area contributed by atoms with Gasteiger partial charge in [-0.3, -0.25) is 0 Å². The minimum atomic E-state index is -0.629. The Hall–Kier alpha value is -0.460. The van der Waals surface area contributed by atoms with Crippen LogP contribution in [0.4, 0.5) is 8.78 Å². The van der Waals surface area contributed by atoms with Crippen LogP contribution in [0.3, 0.4) is 0 Å². The van der Waals surface area contributed by atoms with Crippen LogP contribution in [0.5, 0.6) is 5.75 Å². The first kappa shape index (κ1) is 14.0. The van der Waals surface area contributed by atoms with E-state index in [-0.39, 0.29) is 11.3 Å². The highest BCUT2D eigenvalue weighted by Gasteiger charge is 2.21. The molecule has 0 aliphatic heterocycles. The molecule has 1 aromatic carbocycles. The van der Waals surface area contributed by atoms with Crippen molar-refractivity contribution in [3.05, 3.63) is 50.1 Å². The van der Waals surface area contributed by atoms with Crippen LogP contribution in [0.25, 0.3) is 0 Å². The lowest BCUT2D eigenvalue weighted by molar-refractivity contribution is 0.405. The second kappa shape index (κ2) is 5.67. The van der Waals surface area contributed by atoms with E-state index in [4.69, 9.17) is 4.74 Å². The summed E-state index contributed by atoms with van der Waals surface area (Å²) in [4.78, 5) is -0.522. The monoisotopic (exact) mass is 396 g/mol. The van der Waals surface area contributed by atoms with Gasteiger partial charge in [-0.1, -0.05) is 15.9 Å². The lowest BCUT2D eigenvalue weighted by Crippen LogP contribution is -2.01. The molecule has 0 aliphatic rings. The molecule has 1 atom stereocenters. The summed E-state index contributed by atoms with van der Waals surface area (Å²) in [6, 6.07) is 4.18. The topological polar surface area (TPSA) is 9.23 Å². The lowest BCUT2D eigenvalue weighted by atomic mass is 10.1. The fourth-order valence-corrected chi connectivity index (χ4v) is 3.62. The van der Waals surface area contributed by atoms with Crippen molar-refractivity contribution in [2.75, 3.05) is 7.11 Å². The van der Waals surface area contributed by atoms with E-state index in [1.165, 1.54) is 30.6 Å². The second-order valence-electron chi connectivity index (χ2n) is 3.55. The third-order valence-electron chi connectivity index (χ3n) is 2.42.